The fourth-order valence-electron chi connectivity index (χ4n) is 5.62. The van der Waals surface area contributed by atoms with Crippen LogP contribution in [0.2, 0.25) is 0 Å². The number of benzene rings is 2. The Morgan fingerprint density at radius 3 is 2.32 bits per heavy atom. The van der Waals surface area contributed by atoms with Crippen molar-refractivity contribution < 1.29 is 4.79 Å². The zero-order valence-electron chi connectivity index (χ0n) is 22.5. The quantitative estimate of drug-likeness (QED) is 0.455. The number of carbonyl (C=O) groups excluding carboxylic acids is 1. The molecule has 1 N–H and O–H groups in total. The highest BCUT2D eigenvalue weighted by atomic mass is 16.1. The highest BCUT2D eigenvalue weighted by Gasteiger charge is 2.23. The molecule has 2 aliphatic rings. The predicted molar refractivity (Wildman–Crippen MR) is 152 cm³/mol. The molecule has 0 spiro atoms. The second-order valence-electron chi connectivity index (χ2n) is 11.1. The number of pyridine rings is 1. The number of aryl methyl sites for hydroxylation is 1. The number of likely N-dealkylation sites (tertiary alicyclic amines) is 1. The Morgan fingerprint density at radius 2 is 1.65 bits per heavy atom. The van der Waals surface area contributed by atoms with E-state index in [1.165, 1.54) is 24.0 Å². The number of amides is 1. The van der Waals surface area contributed by atoms with Crippen molar-refractivity contribution in [1.82, 2.24) is 15.2 Å². The summed E-state index contributed by atoms with van der Waals surface area (Å²) >= 11 is 0. The molecular formula is C32H40N4O. The molecule has 0 atom stereocenters. The van der Waals surface area contributed by atoms with E-state index in [1.54, 1.807) is 0 Å². The molecule has 3 heterocycles. The van der Waals surface area contributed by atoms with Crippen LogP contribution in [0.1, 0.15) is 59.7 Å². The van der Waals surface area contributed by atoms with Crippen LogP contribution in [0.3, 0.4) is 0 Å². The molecule has 3 aromatic rings. The Kier molecular flexibility index (Phi) is 7.90. The summed E-state index contributed by atoms with van der Waals surface area (Å²) < 4.78 is 0. The Balaban J connectivity index is 1.13. The zero-order valence-corrected chi connectivity index (χ0v) is 22.5. The molecule has 37 heavy (non-hydrogen) atoms. The first-order valence-electron chi connectivity index (χ1n) is 13.9. The average molecular weight is 497 g/mol. The molecule has 0 unspecified atom stereocenters. The van der Waals surface area contributed by atoms with E-state index in [1.807, 2.05) is 18.3 Å². The minimum absolute atomic E-state index is 0.0387. The molecule has 2 aromatic carbocycles. The van der Waals surface area contributed by atoms with E-state index in [0.29, 0.717) is 0 Å². The summed E-state index contributed by atoms with van der Waals surface area (Å²) in [6.45, 7) is 11.6. The van der Waals surface area contributed by atoms with Gasteiger partial charge in [0, 0.05) is 50.5 Å². The van der Waals surface area contributed by atoms with Crippen LogP contribution in [0.25, 0.3) is 11.1 Å². The second kappa shape index (κ2) is 11.5. The Labute approximate surface area is 221 Å². The number of hydrogen-bond donors (Lipinski definition) is 1. The third-order valence-electron chi connectivity index (χ3n) is 8.19. The largest absolute Gasteiger partial charge is 0.357 e. The molecule has 1 amide bonds. The van der Waals surface area contributed by atoms with Crippen LogP contribution in [-0.2, 0) is 6.54 Å². The molecule has 1 aromatic heterocycles. The van der Waals surface area contributed by atoms with E-state index in [9.17, 15) is 4.79 Å². The van der Waals surface area contributed by atoms with Crippen LogP contribution in [0.4, 0.5) is 5.82 Å². The maximum Gasteiger partial charge on any atom is 0.251 e. The third kappa shape index (κ3) is 6.22. The van der Waals surface area contributed by atoms with Crippen LogP contribution in [0.5, 0.6) is 0 Å². The third-order valence-corrected chi connectivity index (χ3v) is 8.19. The summed E-state index contributed by atoms with van der Waals surface area (Å²) in [5.41, 5.74) is 6.59. The fourth-order valence-corrected chi connectivity index (χ4v) is 5.62. The van der Waals surface area contributed by atoms with Crippen molar-refractivity contribution >= 4 is 11.7 Å². The van der Waals surface area contributed by atoms with Crippen LogP contribution < -0.4 is 10.2 Å². The van der Waals surface area contributed by atoms with Crippen LogP contribution in [0.15, 0.2) is 60.8 Å². The lowest BCUT2D eigenvalue weighted by Gasteiger charge is -2.33. The summed E-state index contributed by atoms with van der Waals surface area (Å²) in [6.07, 6.45) is 6.50. The average Bonchev–Trinajstić information content (AvgIpc) is 2.91. The maximum absolute atomic E-state index is 13.2. The maximum atomic E-state index is 13.2. The molecule has 5 heteroatoms. The highest BCUT2D eigenvalue weighted by Crippen LogP contribution is 2.27. The number of nitrogens with zero attached hydrogens (tertiary/aromatic N) is 3. The molecule has 2 aliphatic heterocycles. The second-order valence-corrected chi connectivity index (χ2v) is 11.1. The number of carbonyl (C=O) groups is 1. The first-order valence-corrected chi connectivity index (χ1v) is 13.9. The van der Waals surface area contributed by atoms with Gasteiger partial charge in [0.05, 0.1) is 0 Å². The molecule has 2 saturated heterocycles. The summed E-state index contributed by atoms with van der Waals surface area (Å²) in [5, 5.41) is 3.31. The first kappa shape index (κ1) is 25.5. The van der Waals surface area contributed by atoms with E-state index >= 15 is 0 Å². The Morgan fingerprint density at radius 1 is 0.919 bits per heavy atom. The number of piperidine rings is 2. The molecule has 2 fully saturated rings. The smallest absolute Gasteiger partial charge is 0.251 e. The van der Waals surface area contributed by atoms with E-state index in [0.717, 1.165) is 79.6 Å². The van der Waals surface area contributed by atoms with Crippen molar-refractivity contribution in [1.29, 1.82) is 0 Å². The van der Waals surface area contributed by atoms with E-state index in [2.05, 4.69) is 78.4 Å². The first-order chi connectivity index (χ1) is 18.0. The zero-order chi connectivity index (χ0) is 25.8. The van der Waals surface area contributed by atoms with Gasteiger partial charge in [0.15, 0.2) is 0 Å². The van der Waals surface area contributed by atoms with Crippen LogP contribution >= 0.6 is 0 Å². The molecule has 0 saturated carbocycles. The fraction of sp³-hybridized carbons (Fsp3) is 0.438. The van der Waals surface area contributed by atoms with Gasteiger partial charge < -0.3 is 10.2 Å². The van der Waals surface area contributed by atoms with Crippen molar-refractivity contribution in [2.75, 3.05) is 31.1 Å². The van der Waals surface area contributed by atoms with Crippen LogP contribution in [-0.4, -0.2) is 48.0 Å². The summed E-state index contributed by atoms with van der Waals surface area (Å²) in [6, 6.07) is 19.2. The van der Waals surface area contributed by atoms with Gasteiger partial charge in [-0.25, -0.2) is 4.98 Å². The number of hydrogen-bond acceptors (Lipinski definition) is 4. The Bertz CT molecular complexity index is 1190. The van der Waals surface area contributed by atoms with Crippen molar-refractivity contribution in [3.63, 3.8) is 0 Å². The van der Waals surface area contributed by atoms with Gasteiger partial charge in [-0.3, -0.25) is 9.69 Å². The van der Waals surface area contributed by atoms with Gasteiger partial charge in [-0.05, 0) is 79.8 Å². The van der Waals surface area contributed by atoms with Crippen molar-refractivity contribution in [2.45, 2.75) is 59.0 Å². The molecule has 194 valence electrons. The SMILES string of the molecule is Cc1ccc(-c2cccc(C(=O)NC3CCN(Cc4ccc(N5CCC(C)CC5)nc4)CC3)c2C)cc1. The van der Waals surface area contributed by atoms with Crippen molar-refractivity contribution in [3.05, 3.63) is 83.0 Å². The minimum atomic E-state index is 0.0387. The normalized spacial score (nSPS) is 17.6. The molecule has 5 rings (SSSR count). The van der Waals surface area contributed by atoms with Gasteiger partial charge in [-0.2, -0.15) is 0 Å². The van der Waals surface area contributed by atoms with Gasteiger partial charge in [-0.15, -0.1) is 0 Å². The molecule has 0 bridgehead atoms. The monoisotopic (exact) mass is 496 g/mol. The lowest BCUT2D eigenvalue weighted by molar-refractivity contribution is 0.0908. The summed E-state index contributed by atoms with van der Waals surface area (Å²) in [7, 11) is 0. The van der Waals surface area contributed by atoms with Crippen molar-refractivity contribution in [2.24, 2.45) is 5.92 Å². The molecule has 0 radical (unpaired) electrons. The highest BCUT2D eigenvalue weighted by molar-refractivity contribution is 5.97. The number of rotatable bonds is 6. The standard InChI is InChI=1S/C32H40N4O/c1-23-7-10-27(11-8-23)29-5-4-6-30(25(29)3)32(37)34-28-15-17-35(18-16-28)22-26-9-12-31(33-21-26)36-19-13-24(2)14-20-36/h4-12,21,24,28H,13-20,22H2,1-3H3,(H,34,37). The predicted octanol–water partition coefficient (Wildman–Crippen LogP) is 6.00. The topological polar surface area (TPSA) is 48.5 Å². The van der Waals surface area contributed by atoms with Gasteiger partial charge in [-0.1, -0.05) is 55.0 Å². The van der Waals surface area contributed by atoms with E-state index < -0.39 is 0 Å². The van der Waals surface area contributed by atoms with Gasteiger partial charge in [0.25, 0.3) is 5.91 Å². The molecular weight excluding hydrogens is 456 g/mol. The van der Waals surface area contributed by atoms with Crippen LogP contribution in [0, 0.1) is 19.8 Å². The molecule has 0 aliphatic carbocycles. The van der Waals surface area contributed by atoms with Gasteiger partial charge in [0.1, 0.15) is 5.82 Å². The van der Waals surface area contributed by atoms with E-state index in [4.69, 9.17) is 4.98 Å². The minimum Gasteiger partial charge on any atom is -0.357 e. The Hall–Kier alpha value is -3.18. The summed E-state index contributed by atoms with van der Waals surface area (Å²) in [5.74, 6) is 1.98. The lowest BCUT2D eigenvalue weighted by Crippen LogP contribution is -2.44. The van der Waals surface area contributed by atoms with E-state index in [-0.39, 0.29) is 11.9 Å². The number of anilines is 1. The summed E-state index contributed by atoms with van der Waals surface area (Å²) in [4.78, 5) is 22.8. The lowest BCUT2D eigenvalue weighted by atomic mass is 9.95. The van der Waals surface area contributed by atoms with Gasteiger partial charge in [0.2, 0.25) is 0 Å². The van der Waals surface area contributed by atoms with Gasteiger partial charge >= 0.3 is 0 Å². The van der Waals surface area contributed by atoms with Crippen molar-refractivity contribution in [3.8, 4) is 11.1 Å². The number of aromatic nitrogens is 1. The number of nitrogens with one attached hydrogen (secondary N) is 1. The molecule has 5 nitrogen and oxygen atoms in total.